The van der Waals surface area contributed by atoms with Gasteiger partial charge in [0.1, 0.15) is 18.0 Å². The van der Waals surface area contributed by atoms with Crippen LogP contribution in [-0.2, 0) is 14.8 Å². The minimum atomic E-state index is -3.96. The summed E-state index contributed by atoms with van der Waals surface area (Å²) >= 11 is 0. The van der Waals surface area contributed by atoms with Crippen molar-refractivity contribution in [2.75, 3.05) is 32.2 Å². The van der Waals surface area contributed by atoms with Crippen molar-refractivity contribution in [3.8, 4) is 17.4 Å². The molecule has 35 heavy (non-hydrogen) atoms. The fourth-order valence-corrected chi connectivity index (χ4v) is 4.99. The van der Waals surface area contributed by atoms with Crippen LogP contribution in [0.3, 0.4) is 0 Å². The first-order valence-electron chi connectivity index (χ1n) is 11.0. The molecule has 1 aliphatic rings. The van der Waals surface area contributed by atoms with Gasteiger partial charge in [0.2, 0.25) is 27.7 Å². The number of methoxy groups -OCH3 is 2. The molecule has 188 valence electrons. The number of anilines is 1. The quantitative estimate of drug-likeness (QED) is 0.451. The molecule has 4 rings (SSSR count). The van der Waals surface area contributed by atoms with Crippen molar-refractivity contribution in [2.24, 2.45) is 0 Å². The molecule has 1 N–H and O–H groups in total. The van der Waals surface area contributed by atoms with Gasteiger partial charge in [-0.3, -0.25) is 9.29 Å². The number of rotatable bonds is 9. The first kappa shape index (κ1) is 24.7. The fraction of sp³-hybridized carbons (Fsp3) is 0.524. The Hall–Kier alpha value is -3.39. The smallest absolute Gasteiger partial charge is 0.245 e. The van der Waals surface area contributed by atoms with E-state index >= 15 is 0 Å². The number of aromatic nitrogens is 7. The maximum Gasteiger partial charge on any atom is 0.245 e. The first-order valence-corrected chi connectivity index (χ1v) is 12.6. The van der Waals surface area contributed by atoms with Crippen molar-refractivity contribution in [2.45, 2.75) is 44.3 Å². The average molecular weight is 505 g/mol. The Balaban J connectivity index is 1.76. The first-order chi connectivity index (χ1) is 16.8. The number of nitrogens with one attached hydrogen (secondary N) is 1. The van der Waals surface area contributed by atoms with Crippen LogP contribution in [0.5, 0.6) is 11.8 Å². The van der Waals surface area contributed by atoms with Crippen LogP contribution in [0.15, 0.2) is 18.7 Å². The van der Waals surface area contributed by atoms with E-state index in [0.717, 1.165) is 5.56 Å². The third-order valence-corrected chi connectivity index (χ3v) is 7.84. The Kier molecular flexibility index (Phi) is 7.12. The summed E-state index contributed by atoms with van der Waals surface area (Å²) in [5.41, 5.74) is 1.17. The fourth-order valence-electron chi connectivity index (χ4n) is 3.76. The molecule has 0 aromatic carbocycles. The van der Waals surface area contributed by atoms with E-state index in [4.69, 9.17) is 14.2 Å². The van der Waals surface area contributed by atoms with Gasteiger partial charge in [-0.05, 0) is 25.8 Å². The molecule has 0 radical (unpaired) electrons. The minimum absolute atomic E-state index is 0.0397. The van der Waals surface area contributed by atoms with Gasteiger partial charge in [0, 0.05) is 30.8 Å². The second-order valence-corrected chi connectivity index (χ2v) is 10.3. The van der Waals surface area contributed by atoms with Crippen LogP contribution in [0.25, 0.3) is 5.69 Å². The largest absolute Gasteiger partial charge is 0.479 e. The Bertz CT molecular complexity index is 1250. The monoisotopic (exact) mass is 504 g/mol. The standard InChI is InChI=1S/C21H28N8O5S/c1-12-8-22-17(23-9-12)13(2)14(3)35(30,31)28-21-27-26-18(15-6-7-34-10-15)29(21)16-19(32-4)24-11-25-20(16)33-5/h8-9,11,13-15H,6-7,10H2,1-5H3,(H,27,28)/t13-,14-,15+/m0/s1. The molecule has 0 aliphatic carbocycles. The number of nitrogens with zero attached hydrogens (tertiary/aromatic N) is 7. The Morgan fingerprint density at radius 2 is 1.74 bits per heavy atom. The molecule has 0 spiro atoms. The summed E-state index contributed by atoms with van der Waals surface area (Å²) < 4.78 is 47.4. The van der Waals surface area contributed by atoms with Gasteiger partial charge in [0.25, 0.3) is 0 Å². The summed E-state index contributed by atoms with van der Waals surface area (Å²) in [6, 6.07) is 0. The molecule has 14 heteroatoms. The lowest BCUT2D eigenvalue weighted by atomic mass is 10.1. The van der Waals surface area contributed by atoms with Gasteiger partial charge in [-0.2, -0.15) is 9.97 Å². The second-order valence-electron chi connectivity index (χ2n) is 8.28. The summed E-state index contributed by atoms with van der Waals surface area (Å²) in [5.74, 6) is 0.609. The molecule has 13 nitrogen and oxygen atoms in total. The molecule has 1 aliphatic heterocycles. The molecule has 3 aromatic heterocycles. The van der Waals surface area contributed by atoms with Crippen LogP contribution < -0.4 is 14.2 Å². The van der Waals surface area contributed by atoms with Crippen molar-refractivity contribution in [3.05, 3.63) is 35.9 Å². The maximum absolute atomic E-state index is 13.4. The summed E-state index contributed by atoms with van der Waals surface area (Å²) in [7, 11) is -1.06. The number of sulfonamides is 1. The highest BCUT2D eigenvalue weighted by Gasteiger charge is 2.34. The molecule has 1 fully saturated rings. The molecular formula is C21H28N8O5S. The van der Waals surface area contributed by atoms with Crippen LogP contribution in [0.4, 0.5) is 5.95 Å². The number of ether oxygens (including phenoxy) is 3. The van der Waals surface area contributed by atoms with E-state index in [2.05, 4.69) is 34.9 Å². The Morgan fingerprint density at radius 3 is 2.31 bits per heavy atom. The van der Waals surface area contributed by atoms with Crippen LogP contribution in [-0.4, -0.2) is 75.8 Å². The molecule has 1 saturated heterocycles. The predicted molar refractivity (Wildman–Crippen MR) is 125 cm³/mol. The van der Waals surface area contributed by atoms with E-state index in [1.165, 1.54) is 25.1 Å². The third kappa shape index (κ3) is 4.89. The van der Waals surface area contributed by atoms with E-state index in [1.807, 2.05) is 6.92 Å². The van der Waals surface area contributed by atoms with Gasteiger partial charge in [-0.25, -0.2) is 18.4 Å². The minimum Gasteiger partial charge on any atom is -0.479 e. The van der Waals surface area contributed by atoms with Gasteiger partial charge in [0.15, 0.2) is 5.69 Å². The number of hydrogen-bond donors (Lipinski definition) is 1. The highest BCUT2D eigenvalue weighted by atomic mass is 32.2. The van der Waals surface area contributed by atoms with E-state index in [-0.39, 0.29) is 29.3 Å². The lowest BCUT2D eigenvalue weighted by Crippen LogP contribution is -2.31. The van der Waals surface area contributed by atoms with Gasteiger partial charge in [0.05, 0.1) is 26.1 Å². The van der Waals surface area contributed by atoms with Crippen molar-refractivity contribution in [1.29, 1.82) is 0 Å². The number of aryl methyl sites for hydroxylation is 1. The zero-order valence-electron chi connectivity index (χ0n) is 20.2. The molecule has 0 bridgehead atoms. The van der Waals surface area contributed by atoms with Crippen molar-refractivity contribution >= 4 is 16.0 Å². The molecule has 3 atom stereocenters. The highest BCUT2D eigenvalue weighted by Crippen LogP contribution is 2.36. The van der Waals surface area contributed by atoms with Crippen molar-refractivity contribution in [3.63, 3.8) is 0 Å². The summed E-state index contributed by atoms with van der Waals surface area (Å²) in [4.78, 5) is 16.9. The van der Waals surface area contributed by atoms with E-state index in [0.29, 0.717) is 31.3 Å². The molecule has 0 unspecified atom stereocenters. The van der Waals surface area contributed by atoms with Gasteiger partial charge < -0.3 is 14.2 Å². The van der Waals surface area contributed by atoms with E-state index < -0.39 is 21.2 Å². The lowest BCUT2D eigenvalue weighted by molar-refractivity contribution is 0.193. The van der Waals surface area contributed by atoms with Gasteiger partial charge in [-0.1, -0.05) is 6.92 Å². The lowest BCUT2D eigenvalue weighted by Gasteiger charge is -2.21. The SMILES string of the molecule is COc1ncnc(OC)c1-n1c(NS(=O)(=O)[C@@H](C)[C@H](C)c2ncc(C)cn2)nnc1[C@@H]1CCOC1. The molecule has 4 heterocycles. The second kappa shape index (κ2) is 10.1. The predicted octanol–water partition coefficient (Wildman–Crippen LogP) is 1.61. The Labute approximate surface area is 203 Å². The summed E-state index contributed by atoms with van der Waals surface area (Å²) in [5, 5.41) is 7.58. The van der Waals surface area contributed by atoms with Crippen LogP contribution in [0.1, 0.15) is 49.3 Å². The molecule has 0 saturated carbocycles. The van der Waals surface area contributed by atoms with Gasteiger partial charge >= 0.3 is 0 Å². The van der Waals surface area contributed by atoms with Crippen LogP contribution in [0.2, 0.25) is 0 Å². The molecule has 0 amide bonds. The highest BCUT2D eigenvalue weighted by molar-refractivity contribution is 7.93. The molecule has 3 aromatic rings. The van der Waals surface area contributed by atoms with E-state index in [9.17, 15) is 8.42 Å². The van der Waals surface area contributed by atoms with Crippen LogP contribution in [0, 0.1) is 6.92 Å². The average Bonchev–Trinajstić information content (AvgIpc) is 3.52. The van der Waals surface area contributed by atoms with Gasteiger partial charge in [-0.15, -0.1) is 10.2 Å². The third-order valence-electron chi connectivity index (χ3n) is 5.98. The molecular weight excluding hydrogens is 476 g/mol. The summed E-state index contributed by atoms with van der Waals surface area (Å²) in [6.45, 7) is 6.20. The van der Waals surface area contributed by atoms with Crippen molar-refractivity contribution in [1.82, 2.24) is 34.7 Å². The Morgan fingerprint density at radius 1 is 1.09 bits per heavy atom. The van der Waals surface area contributed by atoms with Crippen molar-refractivity contribution < 1.29 is 22.6 Å². The van der Waals surface area contributed by atoms with Crippen LogP contribution >= 0.6 is 0 Å². The number of hydrogen-bond acceptors (Lipinski definition) is 11. The topological polar surface area (TPSA) is 156 Å². The normalized spacial score (nSPS) is 17.7. The maximum atomic E-state index is 13.4. The van der Waals surface area contributed by atoms with E-state index in [1.54, 1.807) is 26.2 Å². The zero-order chi connectivity index (χ0) is 25.2. The summed E-state index contributed by atoms with van der Waals surface area (Å²) in [6.07, 6.45) is 5.30. The zero-order valence-corrected chi connectivity index (χ0v) is 21.0.